The zero-order valence-corrected chi connectivity index (χ0v) is 10.4. The van der Waals surface area contributed by atoms with Crippen molar-refractivity contribution in [3.8, 4) is 0 Å². The second-order valence-corrected chi connectivity index (χ2v) is 6.75. The number of hydrogen-bond acceptors (Lipinski definition) is 3. The van der Waals surface area contributed by atoms with E-state index in [0.29, 0.717) is 29.8 Å². The molecule has 92 valence electrons. The Bertz CT molecular complexity index is 488. The zero-order valence-electron chi connectivity index (χ0n) is 9.54. The second kappa shape index (κ2) is 4.08. The van der Waals surface area contributed by atoms with Gasteiger partial charge in [-0.2, -0.15) is 4.31 Å². The van der Waals surface area contributed by atoms with Crippen LogP contribution in [0.3, 0.4) is 0 Å². The van der Waals surface area contributed by atoms with Crippen LogP contribution >= 0.6 is 0 Å². The largest absolute Gasteiger partial charge is 0.316 e. The summed E-state index contributed by atoms with van der Waals surface area (Å²) in [6, 6.07) is 8.71. The first-order valence-corrected chi connectivity index (χ1v) is 7.38. The van der Waals surface area contributed by atoms with Gasteiger partial charge in [-0.15, -0.1) is 0 Å². The van der Waals surface area contributed by atoms with E-state index in [1.54, 1.807) is 28.6 Å². The molecule has 1 aromatic carbocycles. The number of benzene rings is 1. The zero-order chi connectivity index (χ0) is 11.9. The number of fused-ring (bicyclic) bond motifs is 1. The van der Waals surface area contributed by atoms with Crippen LogP contribution < -0.4 is 5.32 Å². The lowest BCUT2D eigenvalue weighted by molar-refractivity contribution is 0.448. The normalized spacial score (nSPS) is 29.4. The fourth-order valence-corrected chi connectivity index (χ4v) is 4.32. The van der Waals surface area contributed by atoms with E-state index in [2.05, 4.69) is 5.32 Å². The van der Waals surface area contributed by atoms with Crippen molar-refractivity contribution >= 4 is 10.0 Å². The van der Waals surface area contributed by atoms with Crippen LogP contribution in [0.5, 0.6) is 0 Å². The van der Waals surface area contributed by atoms with Gasteiger partial charge in [0.1, 0.15) is 0 Å². The average Bonchev–Trinajstić information content (AvgIpc) is 2.90. The van der Waals surface area contributed by atoms with Crippen molar-refractivity contribution in [3.05, 3.63) is 30.3 Å². The lowest BCUT2D eigenvalue weighted by Crippen LogP contribution is -2.31. The molecule has 0 bridgehead atoms. The van der Waals surface area contributed by atoms with Gasteiger partial charge in [0.25, 0.3) is 0 Å². The Balaban J connectivity index is 1.86. The highest BCUT2D eigenvalue weighted by Gasteiger charge is 2.41. The first-order valence-electron chi connectivity index (χ1n) is 5.94. The van der Waals surface area contributed by atoms with E-state index in [0.717, 1.165) is 13.1 Å². The SMILES string of the molecule is O=S(=O)(c1ccccc1)N1CC2CNCC2C1. The van der Waals surface area contributed by atoms with Gasteiger partial charge in [-0.25, -0.2) is 8.42 Å². The first kappa shape index (κ1) is 11.2. The van der Waals surface area contributed by atoms with Crippen molar-refractivity contribution in [1.29, 1.82) is 0 Å². The Morgan fingerprint density at radius 3 is 2.24 bits per heavy atom. The number of sulfonamides is 1. The van der Waals surface area contributed by atoms with Gasteiger partial charge in [-0.3, -0.25) is 0 Å². The van der Waals surface area contributed by atoms with E-state index in [9.17, 15) is 8.42 Å². The van der Waals surface area contributed by atoms with Gasteiger partial charge in [-0.05, 0) is 37.1 Å². The predicted octanol–water partition coefficient (Wildman–Crippen LogP) is 0.526. The van der Waals surface area contributed by atoms with Crippen LogP contribution in [0.4, 0.5) is 0 Å². The summed E-state index contributed by atoms with van der Waals surface area (Å²) in [6.07, 6.45) is 0. The fraction of sp³-hybridized carbons (Fsp3) is 0.500. The maximum Gasteiger partial charge on any atom is 0.243 e. The molecule has 2 fully saturated rings. The van der Waals surface area contributed by atoms with Crippen LogP contribution in [0.25, 0.3) is 0 Å². The van der Waals surface area contributed by atoms with Crippen LogP contribution in [0.15, 0.2) is 35.2 Å². The highest BCUT2D eigenvalue weighted by Crippen LogP contribution is 2.30. The molecular formula is C12H16N2O2S. The minimum atomic E-state index is -3.28. The van der Waals surface area contributed by atoms with Crippen LogP contribution in [-0.4, -0.2) is 38.9 Å². The molecule has 2 heterocycles. The summed E-state index contributed by atoms with van der Waals surface area (Å²) in [5.41, 5.74) is 0. The van der Waals surface area contributed by atoms with E-state index in [1.807, 2.05) is 6.07 Å². The molecular weight excluding hydrogens is 236 g/mol. The van der Waals surface area contributed by atoms with Crippen molar-refractivity contribution in [2.45, 2.75) is 4.90 Å². The van der Waals surface area contributed by atoms with Crippen LogP contribution in [0, 0.1) is 11.8 Å². The number of hydrogen-bond donors (Lipinski definition) is 1. The molecule has 2 aliphatic heterocycles. The quantitative estimate of drug-likeness (QED) is 0.835. The first-order chi connectivity index (χ1) is 8.18. The molecule has 2 aliphatic rings. The Morgan fingerprint density at radius 2 is 1.65 bits per heavy atom. The Labute approximate surface area is 102 Å². The molecule has 2 saturated heterocycles. The summed E-state index contributed by atoms with van der Waals surface area (Å²) < 4.78 is 26.4. The maximum absolute atomic E-state index is 12.4. The maximum atomic E-state index is 12.4. The van der Waals surface area contributed by atoms with Gasteiger partial charge in [0.05, 0.1) is 4.90 Å². The average molecular weight is 252 g/mol. The highest BCUT2D eigenvalue weighted by molar-refractivity contribution is 7.89. The molecule has 1 aromatic rings. The van der Waals surface area contributed by atoms with Crippen LogP contribution in [-0.2, 0) is 10.0 Å². The van der Waals surface area contributed by atoms with Crippen molar-refractivity contribution in [2.24, 2.45) is 11.8 Å². The molecule has 0 saturated carbocycles. The van der Waals surface area contributed by atoms with E-state index < -0.39 is 10.0 Å². The molecule has 1 N–H and O–H groups in total. The van der Waals surface area contributed by atoms with Gasteiger partial charge in [0.2, 0.25) is 10.0 Å². The molecule has 2 unspecified atom stereocenters. The van der Waals surface area contributed by atoms with Gasteiger partial charge < -0.3 is 5.32 Å². The van der Waals surface area contributed by atoms with Crippen molar-refractivity contribution in [2.75, 3.05) is 26.2 Å². The number of rotatable bonds is 2. The molecule has 0 radical (unpaired) electrons. The highest BCUT2D eigenvalue weighted by atomic mass is 32.2. The predicted molar refractivity (Wildman–Crippen MR) is 65.1 cm³/mol. The number of nitrogens with zero attached hydrogens (tertiary/aromatic N) is 1. The number of nitrogens with one attached hydrogen (secondary N) is 1. The molecule has 4 nitrogen and oxygen atoms in total. The van der Waals surface area contributed by atoms with Crippen molar-refractivity contribution in [3.63, 3.8) is 0 Å². The van der Waals surface area contributed by atoms with Crippen molar-refractivity contribution < 1.29 is 8.42 Å². The molecule has 17 heavy (non-hydrogen) atoms. The standard InChI is InChI=1S/C12H16N2O2S/c15-17(16,12-4-2-1-3-5-12)14-8-10-6-13-7-11(10)9-14/h1-5,10-11,13H,6-9H2. The minimum absolute atomic E-state index is 0.410. The lowest BCUT2D eigenvalue weighted by Gasteiger charge is -2.17. The molecule has 0 aliphatic carbocycles. The Morgan fingerprint density at radius 1 is 1.06 bits per heavy atom. The summed E-state index contributed by atoms with van der Waals surface area (Å²) in [7, 11) is -3.28. The van der Waals surface area contributed by atoms with E-state index in [-0.39, 0.29) is 0 Å². The van der Waals surface area contributed by atoms with Crippen LogP contribution in [0.2, 0.25) is 0 Å². The lowest BCUT2D eigenvalue weighted by atomic mass is 10.0. The summed E-state index contributed by atoms with van der Waals surface area (Å²) in [4.78, 5) is 0.410. The third-order valence-electron chi connectivity index (χ3n) is 3.74. The van der Waals surface area contributed by atoms with Gasteiger partial charge in [0, 0.05) is 13.1 Å². The molecule has 0 aromatic heterocycles. The van der Waals surface area contributed by atoms with Gasteiger partial charge in [0.15, 0.2) is 0 Å². The fourth-order valence-electron chi connectivity index (χ4n) is 2.75. The van der Waals surface area contributed by atoms with E-state index in [1.165, 1.54) is 0 Å². The topological polar surface area (TPSA) is 49.4 Å². The van der Waals surface area contributed by atoms with E-state index >= 15 is 0 Å². The van der Waals surface area contributed by atoms with Crippen molar-refractivity contribution in [1.82, 2.24) is 9.62 Å². The van der Waals surface area contributed by atoms with Gasteiger partial charge in [-0.1, -0.05) is 18.2 Å². The Hall–Kier alpha value is -0.910. The minimum Gasteiger partial charge on any atom is -0.316 e. The Kier molecular flexibility index (Phi) is 2.69. The molecule has 3 rings (SSSR count). The van der Waals surface area contributed by atoms with E-state index in [4.69, 9.17) is 0 Å². The summed E-state index contributed by atoms with van der Waals surface area (Å²) in [6.45, 7) is 3.22. The molecule has 0 amide bonds. The molecule has 5 heteroatoms. The summed E-state index contributed by atoms with van der Waals surface area (Å²) >= 11 is 0. The third kappa shape index (κ3) is 1.88. The summed E-state index contributed by atoms with van der Waals surface area (Å²) in [5, 5.41) is 3.31. The molecule has 0 spiro atoms. The monoisotopic (exact) mass is 252 g/mol. The summed E-state index contributed by atoms with van der Waals surface area (Å²) in [5.74, 6) is 0.988. The van der Waals surface area contributed by atoms with Crippen LogP contribution in [0.1, 0.15) is 0 Å². The van der Waals surface area contributed by atoms with Gasteiger partial charge >= 0.3 is 0 Å². The molecule has 2 atom stereocenters. The smallest absolute Gasteiger partial charge is 0.243 e. The second-order valence-electron chi connectivity index (χ2n) is 4.81. The third-order valence-corrected chi connectivity index (χ3v) is 5.58.